The highest BCUT2D eigenvalue weighted by molar-refractivity contribution is 8.00. The van der Waals surface area contributed by atoms with Crippen LogP contribution in [-0.2, 0) is 6.18 Å². The first-order chi connectivity index (χ1) is 7.11. The Morgan fingerprint density at radius 3 is 2.25 bits per heavy atom. The first-order valence-corrected chi connectivity index (χ1v) is 5.43. The van der Waals surface area contributed by atoms with E-state index in [9.17, 15) is 13.2 Å². The molecule has 0 bridgehead atoms. The van der Waals surface area contributed by atoms with Gasteiger partial charge in [-0.1, -0.05) is 20.8 Å². The van der Waals surface area contributed by atoms with Crippen LogP contribution in [0.25, 0.3) is 0 Å². The predicted octanol–water partition coefficient (Wildman–Crippen LogP) is 3.57. The molecule has 0 aliphatic rings. The summed E-state index contributed by atoms with van der Waals surface area (Å²) in [5.41, 5.74) is 4.44. The summed E-state index contributed by atoms with van der Waals surface area (Å²) in [4.78, 5) is 3.60. The Morgan fingerprint density at radius 1 is 1.25 bits per heavy atom. The summed E-state index contributed by atoms with van der Waals surface area (Å²) in [7, 11) is 0. The van der Waals surface area contributed by atoms with Crippen LogP contribution in [0.2, 0.25) is 0 Å². The summed E-state index contributed by atoms with van der Waals surface area (Å²) in [5, 5.41) is 0. The van der Waals surface area contributed by atoms with E-state index in [0.29, 0.717) is 0 Å². The second kappa shape index (κ2) is 4.16. The second-order valence-electron chi connectivity index (χ2n) is 4.28. The molecule has 0 aliphatic carbocycles. The highest BCUT2D eigenvalue weighted by Crippen LogP contribution is 2.42. The minimum atomic E-state index is -4.47. The smallest absolute Gasteiger partial charge is 0.383 e. The number of aromatic nitrogens is 1. The van der Waals surface area contributed by atoms with Gasteiger partial charge >= 0.3 is 6.18 Å². The molecule has 90 valence electrons. The third kappa shape index (κ3) is 3.30. The Bertz CT molecular complexity index is 383. The molecule has 0 aromatic carbocycles. The number of rotatable bonds is 1. The monoisotopic (exact) mass is 250 g/mol. The lowest BCUT2D eigenvalue weighted by Gasteiger charge is -2.21. The molecule has 16 heavy (non-hydrogen) atoms. The lowest BCUT2D eigenvalue weighted by atomic mass is 10.2. The topological polar surface area (TPSA) is 38.9 Å². The van der Waals surface area contributed by atoms with Crippen LogP contribution >= 0.6 is 11.8 Å². The van der Waals surface area contributed by atoms with Gasteiger partial charge in [-0.2, -0.15) is 13.2 Å². The van der Waals surface area contributed by atoms with Crippen molar-refractivity contribution >= 4 is 17.6 Å². The Hall–Kier alpha value is -0.910. The molecule has 1 rings (SSSR count). The number of halogens is 3. The maximum absolute atomic E-state index is 12.8. The molecule has 0 unspecified atom stereocenters. The standard InChI is InChI=1S/C10H13F3N2S/c1-9(2,3)16-6-4-5-15-8(14)7(6)10(11,12)13/h4-5H,1-3H3,(H2,14,15). The summed E-state index contributed by atoms with van der Waals surface area (Å²) in [6.07, 6.45) is -3.18. The van der Waals surface area contributed by atoms with Crippen LogP contribution in [0.4, 0.5) is 19.0 Å². The molecule has 0 saturated carbocycles. The van der Waals surface area contributed by atoms with Gasteiger partial charge < -0.3 is 5.73 Å². The molecule has 0 aliphatic heterocycles. The Balaban J connectivity index is 3.24. The largest absolute Gasteiger partial charge is 0.421 e. The second-order valence-corrected chi connectivity index (χ2v) is 6.15. The molecule has 1 heterocycles. The maximum atomic E-state index is 12.8. The van der Waals surface area contributed by atoms with Crippen LogP contribution in [0, 0.1) is 0 Å². The summed E-state index contributed by atoms with van der Waals surface area (Å²) in [5.74, 6) is -0.471. The van der Waals surface area contributed by atoms with Crippen LogP contribution in [0.3, 0.4) is 0 Å². The molecule has 1 aromatic heterocycles. The Kier molecular flexibility index (Phi) is 3.42. The lowest BCUT2D eigenvalue weighted by molar-refractivity contribution is -0.139. The summed E-state index contributed by atoms with van der Waals surface area (Å²) in [6, 6.07) is 1.34. The van der Waals surface area contributed by atoms with E-state index < -0.39 is 17.6 Å². The van der Waals surface area contributed by atoms with Crippen LogP contribution < -0.4 is 5.73 Å². The first kappa shape index (κ1) is 13.2. The fourth-order valence-electron chi connectivity index (χ4n) is 1.16. The van der Waals surface area contributed by atoms with Gasteiger partial charge in [-0.3, -0.25) is 0 Å². The quantitative estimate of drug-likeness (QED) is 0.774. The van der Waals surface area contributed by atoms with Crippen molar-refractivity contribution in [1.82, 2.24) is 4.98 Å². The van der Waals surface area contributed by atoms with Crippen LogP contribution in [-0.4, -0.2) is 9.73 Å². The molecular weight excluding hydrogens is 237 g/mol. The van der Waals surface area contributed by atoms with Gasteiger partial charge in [-0.15, -0.1) is 11.8 Å². The molecule has 0 atom stereocenters. The van der Waals surface area contributed by atoms with Crippen molar-refractivity contribution in [3.05, 3.63) is 17.8 Å². The molecule has 1 aromatic rings. The molecule has 2 N–H and O–H groups in total. The number of thioether (sulfide) groups is 1. The van der Waals surface area contributed by atoms with Gasteiger partial charge in [0.05, 0.1) is 0 Å². The van der Waals surface area contributed by atoms with Crippen molar-refractivity contribution in [3.8, 4) is 0 Å². The van der Waals surface area contributed by atoms with Crippen molar-refractivity contribution in [2.24, 2.45) is 0 Å². The average molecular weight is 250 g/mol. The van der Waals surface area contributed by atoms with Crippen LogP contribution in [0.1, 0.15) is 26.3 Å². The number of hydrogen-bond acceptors (Lipinski definition) is 3. The minimum absolute atomic E-state index is 0.118. The van der Waals surface area contributed by atoms with E-state index >= 15 is 0 Å². The third-order valence-electron chi connectivity index (χ3n) is 1.64. The molecule has 0 saturated heterocycles. The van der Waals surface area contributed by atoms with E-state index in [0.717, 1.165) is 11.8 Å². The molecule has 6 heteroatoms. The number of nitrogens with two attached hydrogens (primary N) is 1. The highest BCUT2D eigenvalue weighted by Gasteiger charge is 2.37. The van der Waals surface area contributed by atoms with Gasteiger partial charge in [0, 0.05) is 15.8 Å². The van der Waals surface area contributed by atoms with E-state index in [1.54, 1.807) is 0 Å². The number of nitrogen functional groups attached to an aromatic ring is 1. The van der Waals surface area contributed by atoms with Gasteiger partial charge in [-0.05, 0) is 6.07 Å². The zero-order valence-electron chi connectivity index (χ0n) is 9.22. The predicted molar refractivity (Wildman–Crippen MR) is 59.3 cm³/mol. The molecule has 0 spiro atoms. The van der Waals surface area contributed by atoms with Crippen LogP contribution in [0.5, 0.6) is 0 Å². The van der Waals surface area contributed by atoms with Crippen molar-refractivity contribution in [2.75, 3.05) is 5.73 Å². The van der Waals surface area contributed by atoms with E-state index in [4.69, 9.17) is 5.73 Å². The van der Waals surface area contributed by atoms with Crippen molar-refractivity contribution in [3.63, 3.8) is 0 Å². The zero-order valence-corrected chi connectivity index (χ0v) is 10.0. The zero-order chi connectivity index (χ0) is 12.6. The number of pyridine rings is 1. The highest BCUT2D eigenvalue weighted by atomic mass is 32.2. The van der Waals surface area contributed by atoms with Gasteiger partial charge in [0.15, 0.2) is 0 Å². The van der Waals surface area contributed by atoms with E-state index in [-0.39, 0.29) is 9.64 Å². The van der Waals surface area contributed by atoms with Crippen molar-refractivity contribution < 1.29 is 13.2 Å². The fourth-order valence-corrected chi connectivity index (χ4v) is 2.27. The minimum Gasteiger partial charge on any atom is -0.383 e. The summed E-state index contributed by atoms with van der Waals surface area (Å²) >= 11 is 1.13. The Labute approximate surface area is 96.4 Å². The SMILES string of the molecule is CC(C)(C)Sc1ccnc(N)c1C(F)(F)F. The fraction of sp³-hybridized carbons (Fsp3) is 0.500. The molecule has 0 fully saturated rings. The first-order valence-electron chi connectivity index (χ1n) is 4.62. The van der Waals surface area contributed by atoms with Gasteiger partial charge in [0.2, 0.25) is 0 Å². The van der Waals surface area contributed by atoms with E-state index in [2.05, 4.69) is 4.98 Å². The summed E-state index contributed by atoms with van der Waals surface area (Å²) < 4.78 is 37.9. The van der Waals surface area contributed by atoms with Crippen molar-refractivity contribution in [1.29, 1.82) is 0 Å². The average Bonchev–Trinajstić information content (AvgIpc) is 1.97. The lowest BCUT2D eigenvalue weighted by Crippen LogP contribution is -2.15. The van der Waals surface area contributed by atoms with E-state index in [1.807, 2.05) is 20.8 Å². The number of alkyl halides is 3. The van der Waals surface area contributed by atoms with Crippen molar-refractivity contribution in [2.45, 2.75) is 36.6 Å². The molecular formula is C10H13F3N2S. The number of anilines is 1. The molecule has 0 amide bonds. The van der Waals surface area contributed by atoms with Gasteiger partial charge in [0.1, 0.15) is 11.4 Å². The van der Waals surface area contributed by atoms with Gasteiger partial charge in [0.25, 0.3) is 0 Å². The number of hydrogen-bond donors (Lipinski definition) is 1. The van der Waals surface area contributed by atoms with E-state index in [1.165, 1.54) is 12.3 Å². The Morgan fingerprint density at radius 2 is 1.81 bits per heavy atom. The normalized spacial score (nSPS) is 12.9. The third-order valence-corrected chi connectivity index (χ3v) is 2.81. The number of nitrogens with zero attached hydrogens (tertiary/aromatic N) is 1. The molecule has 2 nitrogen and oxygen atoms in total. The maximum Gasteiger partial charge on any atom is 0.421 e. The molecule has 0 radical (unpaired) electrons. The van der Waals surface area contributed by atoms with Crippen LogP contribution in [0.15, 0.2) is 17.2 Å². The summed E-state index contributed by atoms with van der Waals surface area (Å²) in [6.45, 7) is 5.53. The van der Waals surface area contributed by atoms with Gasteiger partial charge in [-0.25, -0.2) is 4.98 Å².